The van der Waals surface area contributed by atoms with Gasteiger partial charge in [-0.1, -0.05) is 18.2 Å². The van der Waals surface area contributed by atoms with Crippen LogP contribution in [0.3, 0.4) is 0 Å². The lowest BCUT2D eigenvalue weighted by Gasteiger charge is -2.32. The lowest BCUT2D eigenvalue weighted by Crippen LogP contribution is -2.48. The molecule has 1 aliphatic rings. The number of carbonyl (C=O) groups is 2. The lowest BCUT2D eigenvalue weighted by molar-refractivity contribution is -0.134. The molecule has 5 nitrogen and oxygen atoms in total. The van der Waals surface area contributed by atoms with Crippen LogP contribution in [0.15, 0.2) is 29.6 Å². The van der Waals surface area contributed by atoms with Crippen LogP contribution in [-0.2, 0) is 16.0 Å². The van der Waals surface area contributed by atoms with Crippen molar-refractivity contribution in [3.8, 4) is 5.75 Å². The molecule has 2 aromatic rings. The minimum Gasteiger partial charge on any atom is -0.483 e. The zero-order valence-corrected chi connectivity index (χ0v) is 17.6. The average Bonchev–Trinajstić information content (AvgIpc) is 3.18. The predicted octanol–water partition coefficient (Wildman–Crippen LogP) is 3.40. The first-order chi connectivity index (χ1) is 13.4. The van der Waals surface area contributed by atoms with Crippen molar-refractivity contribution in [3.63, 3.8) is 0 Å². The molecule has 2 amide bonds. The highest BCUT2D eigenvalue weighted by Crippen LogP contribution is 2.25. The Morgan fingerprint density at radius 2 is 1.86 bits per heavy atom. The van der Waals surface area contributed by atoms with Gasteiger partial charge in [0, 0.05) is 24.0 Å². The fraction of sp³-hybridized carbons (Fsp3) is 0.455. The van der Waals surface area contributed by atoms with E-state index in [0.717, 1.165) is 40.2 Å². The Balaban J connectivity index is 1.44. The molecule has 0 saturated carbocycles. The Morgan fingerprint density at radius 1 is 1.14 bits per heavy atom. The second-order valence-corrected chi connectivity index (χ2v) is 8.45. The fourth-order valence-corrected chi connectivity index (χ4v) is 4.20. The summed E-state index contributed by atoms with van der Waals surface area (Å²) < 4.78 is 5.85. The van der Waals surface area contributed by atoms with E-state index < -0.39 is 0 Å². The minimum atomic E-state index is 0.00340. The molecule has 0 atom stereocenters. The van der Waals surface area contributed by atoms with Gasteiger partial charge in [-0.15, -0.1) is 11.3 Å². The molecule has 1 aliphatic heterocycles. The smallest absolute Gasteiger partial charge is 0.260 e. The van der Waals surface area contributed by atoms with E-state index in [4.69, 9.17) is 4.74 Å². The number of carbonyl (C=O) groups excluding carboxylic acids is 2. The molecule has 6 heteroatoms. The molecule has 1 fully saturated rings. The van der Waals surface area contributed by atoms with Gasteiger partial charge in [-0.05, 0) is 61.7 Å². The first kappa shape index (κ1) is 20.4. The van der Waals surface area contributed by atoms with Crippen LogP contribution in [0.1, 0.15) is 34.4 Å². The predicted molar refractivity (Wildman–Crippen MR) is 112 cm³/mol. The van der Waals surface area contributed by atoms with Gasteiger partial charge in [0.15, 0.2) is 6.61 Å². The Morgan fingerprint density at radius 3 is 2.54 bits per heavy atom. The third kappa shape index (κ3) is 5.13. The summed E-state index contributed by atoms with van der Waals surface area (Å²) in [4.78, 5) is 27.6. The Hall–Kier alpha value is -2.34. The highest BCUT2D eigenvalue weighted by molar-refractivity contribution is 7.10. The minimum absolute atomic E-state index is 0.00340. The van der Waals surface area contributed by atoms with Crippen LogP contribution in [0.2, 0.25) is 0 Å². The van der Waals surface area contributed by atoms with Crippen molar-refractivity contribution >= 4 is 23.2 Å². The Labute approximate surface area is 170 Å². The van der Waals surface area contributed by atoms with Crippen LogP contribution in [0.4, 0.5) is 0 Å². The van der Waals surface area contributed by atoms with Crippen LogP contribution in [-0.4, -0.2) is 42.5 Å². The number of piperidine rings is 1. The molecular formula is C22H28N2O3S. The van der Waals surface area contributed by atoms with Crippen molar-refractivity contribution in [2.45, 2.75) is 46.1 Å². The maximum absolute atomic E-state index is 12.5. The van der Waals surface area contributed by atoms with E-state index in [1.165, 1.54) is 0 Å². The van der Waals surface area contributed by atoms with Crippen molar-refractivity contribution in [3.05, 3.63) is 51.2 Å². The zero-order chi connectivity index (χ0) is 20.1. The van der Waals surface area contributed by atoms with Crippen molar-refractivity contribution in [1.29, 1.82) is 0 Å². The van der Waals surface area contributed by atoms with Crippen LogP contribution < -0.4 is 10.1 Å². The number of hydrogen-bond donors (Lipinski definition) is 1. The molecule has 1 N–H and O–H groups in total. The summed E-state index contributed by atoms with van der Waals surface area (Å²) in [5, 5.41) is 5.07. The monoisotopic (exact) mass is 400 g/mol. The Kier molecular flexibility index (Phi) is 6.73. The lowest BCUT2D eigenvalue weighted by atomic mass is 10.0. The van der Waals surface area contributed by atoms with Crippen molar-refractivity contribution < 1.29 is 14.3 Å². The molecule has 0 aliphatic carbocycles. The molecule has 1 aromatic heterocycles. The highest BCUT2D eigenvalue weighted by Gasteiger charge is 2.24. The number of nitrogens with zero attached hydrogens (tertiary/aromatic N) is 1. The second-order valence-electron chi connectivity index (χ2n) is 7.42. The van der Waals surface area contributed by atoms with Crippen molar-refractivity contribution in [2.75, 3.05) is 19.7 Å². The third-order valence-corrected chi connectivity index (χ3v) is 6.22. The molecule has 28 heavy (non-hydrogen) atoms. The van der Waals surface area contributed by atoms with E-state index in [1.54, 1.807) is 11.3 Å². The van der Waals surface area contributed by atoms with Crippen molar-refractivity contribution in [1.82, 2.24) is 10.2 Å². The molecule has 0 unspecified atom stereocenters. The van der Waals surface area contributed by atoms with E-state index in [1.807, 2.05) is 49.3 Å². The van der Waals surface area contributed by atoms with Crippen LogP contribution in [0.5, 0.6) is 5.75 Å². The summed E-state index contributed by atoms with van der Waals surface area (Å²) in [5.74, 6) is 0.869. The number of nitrogens with one attached hydrogen (secondary N) is 1. The maximum Gasteiger partial charge on any atom is 0.260 e. The van der Waals surface area contributed by atoms with Gasteiger partial charge in [-0.2, -0.15) is 0 Å². The molecule has 150 valence electrons. The van der Waals surface area contributed by atoms with Crippen LogP contribution in [0, 0.1) is 20.8 Å². The number of ether oxygens (including phenoxy) is 1. The fourth-order valence-electron chi connectivity index (χ4n) is 3.50. The zero-order valence-electron chi connectivity index (χ0n) is 16.8. The van der Waals surface area contributed by atoms with Crippen molar-refractivity contribution in [2.24, 2.45) is 0 Å². The highest BCUT2D eigenvalue weighted by atomic mass is 32.1. The van der Waals surface area contributed by atoms with Gasteiger partial charge in [0.2, 0.25) is 5.91 Å². The molecular weight excluding hydrogens is 372 g/mol. The summed E-state index contributed by atoms with van der Waals surface area (Å²) in [6, 6.07) is 8.16. The summed E-state index contributed by atoms with van der Waals surface area (Å²) in [6.07, 6.45) is 1.99. The van der Waals surface area contributed by atoms with Gasteiger partial charge in [-0.3, -0.25) is 9.59 Å². The normalized spacial score (nSPS) is 14.8. The molecule has 0 radical (unpaired) electrons. The number of likely N-dealkylation sites (tertiary alicyclic amines) is 1. The first-order valence-electron chi connectivity index (χ1n) is 9.73. The number of amides is 2. The summed E-state index contributed by atoms with van der Waals surface area (Å²) in [7, 11) is 0. The molecule has 2 heterocycles. The molecule has 1 saturated heterocycles. The average molecular weight is 401 g/mol. The molecule has 3 rings (SSSR count). The number of aryl methyl sites for hydroxylation is 2. The summed E-state index contributed by atoms with van der Waals surface area (Å²) in [6.45, 7) is 7.42. The van der Waals surface area contributed by atoms with Crippen LogP contribution >= 0.6 is 11.3 Å². The number of benzene rings is 1. The molecule has 0 spiro atoms. The quantitative estimate of drug-likeness (QED) is 0.808. The van der Waals surface area contributed by atoms with Gasteiger partial charge in [-0.25, -0.2) is 0 Å². The van der Waals surface area contributed by atoms with Crippen LogP contribution in [0.25, 0.3) is 0 Å². The summed E-state index contributed by atoms with van der Waals surface area (Å²) >= 11 is 1.60. The van der Waals surface area contributed by atoms with E-state index in [2.05, 4.69) is 11.4 Å². The topological polar surface area (TPSA) is 58.6 Å². The SMILES string of the molecule is Cc1ccc(C)c(OCC(=O)N2CCC(NC(=O)Cc3cccs3)CC2)c1C. The van der Waals surface area contributed by atoms with Gasteiger partial charge in [0.25, 0.3) is 5.91 Å². The molecule has 1 aromatic carbocycles. The summed E-state index contributed by atoms with van der Waals surface area (Å²) in [5.41, 5.74) is 3.29. The van der Waals surface area contributed by atoms with Gasteiger partial charge < -0.3 is 15.0 Å². The van der Waals surface area contributed by atoms with E-state index in [0.29, 0.717) is 19.5 Å². The van der Waals surface area contributed by atoms with Gasteiger partial charge >= 0.3 is 0 Å². The van der Waals surface area contributed by atoms with E-state index >= 15 is 0 Å². The number of thiophene rings is 1. The second kappa shape index (κ2) is 9.24. The van der Waals surface area contributed by atoms with E-state index in [-0.39, 0.29) is 24.5 Å². The standard InChI is InChI=1S/C22H28N2O3S/c1-15-6-7-16(2)22(17(15)3)27-14-21(26)24-10-8-18(9-11-24)23-20(25)13-19-5-4-12-28-19/h4-7,12,18H,8-11,13-14H2,1-3H3,(H,23,25). The Bertz CT molecular complexity index is 825. The van der Waals surface area contributed by atoms with E-state index in [9.17, 15) is 9.59 Å². The maximum atomic E-state index is 12.5. The number of hydrogen-bond acceptors (Lipinski definition) is 4. The largest absolute Gasteiger partial charge is 0.483 e. The number of rotatable bonds is 6. The molecule has 0 bridgehead atoms. The van der Waals surface area contributed by atoms with Gasteiger partial charge in [0.1, 0.15) is 5.75 Å². The third-order valence-electron chi connectivity index (χ3n) is 5.34. The first-order valence-corrected chi connectivity index (χ1v) is 10.6. The van der Waals surface area contributed by atoms with Gasteiger partial charge in [0.05, 0.1) is 6.42 Å².